The molecule has 31 heavy (non-hydrogen) atoms. The van der Waals surface area contributed by atoms with Gasteiger partial charge < -0.3 is 19.9 Å². The average Bonchev–Trinajstić information content (AvgIpc) is 3.32. The van der Waals surface area contributed by atoms with E-state index in [9.17, 15) is 4.79 Å². The highest BCUT2D eigenvalue weighted by atomic mass is 32.1. The zero-order valence-corrected chi connectivity index (χ0v) is 19.3. The molecule has 1 aromatic heterocycles. The Morgan fingerprint density at radius 3 is 2.55 bits per heavy atom. The van der Waals surface area contributed by atoms with Crippen molar-refractivity contribution >= 4 is 23.1 Å². The van der Waals surface area contributed by atoms with Gasteiger partial charge in [0.05, 0.1) is 13.2 Å². The van der Waals surface area contributed by atoms with Gasteiger partial charge in [-0.15, -0.1) is 11.3 Å². The minimum absolute atomic E-state index is 0.0123. The molecule has 2 fully saturated rings. The van der Waals surface area contributed by atoms with Gasteiger partial charge in [0.25, 0.3) is 0 Å². The van der Waals surface area contributed by atoms with E-state index in [-0.39, 0.29) is 6.03 Å². The third-order valence-corrected chi connectivity index (χ3v) is 7.15. The van der Waals surface area contributed by atoms with Crippen molar-refractivity contribution in [3.05, 3.63) is 52.2 Å². The molecule has 2 aliphatic heterocycles. The van der Waals surface area contributed by atoms with E-state index in [0.717, 1.165) is 70.9 Å². The molecule has 168 valence electrons. The molecule has 2 saturated heterocycles. The van der Waals surface area contributed by atoms with Crippen LogP contribution in [0.3, 0.4) is 0 Å². The van der Waals surface area contributed by atoms with Gasteiger partial charge in [0.1, 0.15) is 0 Å². The molecule has 1 aromatic carbocycles. The van der Waals surface area contributed by atoms with Gasteiger partial charge in [-0.05, 0) is 61.0 Å². The zero-order chi connectivity index (χ0) is 21.5. The highest BCUT2D eigenvalue weighted by Gasteiger charge is 2.20. The number of carbonyl (C=O) groups excluding carboxylic acids is 1. The summed E-state index contributed by atoms with van der Waals surface area (Å²) in [6, 6.07) is 12.9. The van der Waals surface area contributed by atoms with Crippen LogP contribution in [-0.4, -0.2) is 68.8 Å². The SMILES string of the molecule is CN(Cc1ccc(N2CCOCC2)cc1)C(=O)NCC1CCN(Cc2cccs2)CC1. The maximum absolute atomic E-state index is 12.6. The number of amides is 2. The van der Waals surface area contributed by atoms with Gasteiger partial charge in [-0.3, -0.25) is 4.90 Å². The van der Waals surface area contributed by atoms with Crippen LogP contribution in [0.1, 0.15) is 23.3 Å². The van der Waals surface area contributed by atoms with Crippen molar-refractivity contribution in [2.75, 3.05) is 57.9 Å². The van der Waals surface area contributed by atoms with Crippen LogP contribution in [0, 0.1) is 5.92 Å². The Morgan fingerprint density at radius 1 is 1.13 bits per heavy atom. The first kappa shape index (κ1) is 22.1. The van der Waals surface area contributed by atoms with E-state index < -0.39 is 0 Å². The Balaban J connectivity index is 1.16. The summed E-state index contributed by atoms with van der Waals surface area (Å²) in [5, 5.41) is 5.29. The van der Waals surface area contributed by atoms with Gasteiger partial charge in [-0.25, -0.2) is 4.79 Å². The lowest BCUT2D eigenvalue weighted by Crippen LogP contribution is -2.42. The summed E-state index contributed by atoms with van der Waals surface area (Å²) < 4.78 is 5.42. The van der Waals surface area contributed by atoms with Crippen LogP contribution in [0.25, 0.3) is 0 Å². The van der Waals surface area contributed by atoms with Crippen molar-refractivity contribution in [1.29, 1.82) is 0 Å². The fraction of sp³-hybridized carbons (Fsp3) is 0.542. The predicted molar refractivity (Wildman–Crippen MR) is 127 cm³/mol. The normalized spacial score (nSPS) is 18.2. The third kappa shape index (κ3) is 6.45. The molecule has 2 aromatic rings. The first-order valence-corrected chi connectivity index (χ1v) is 12.2. The highest BCUT2D eigenvalue weighted by molar-refractivity contribution is 7.09. The van der Waals surface area contributed by atoms with Crippen LogP contribution in [0.5, 0.6) is 0 Å². The molecule has 7 heteroatoms. The van der Waals surface area contributed by atoms with E-state index in [4.69, 9.17) is 4.74 Å². The van der Waals surface area contributed by atoms with Crippen LogP contribution >= 0.6 is 11.3 Å². The topological polar surface area (TPSA) is 48.1 Å². The molecule has 0 unspecified atom stereocenters. The number of ether oxygens (including phenoxy) is 1. The monoisotopic (exact) mass is 442 g/mol. The smallest absolute Gasteiger partial charge is 0.317 e. The van der Waals surface area contributed by atoms with Gasteiger partial charge >= 0.3 is 6.03 Å². The number of morpholine rings is 1. The largest absolute Gasteiger partial charge is 0.378 e. The van der Waals surface area contributed by atoms with Gasteiger partial charge in [-0.2, -0.15) is 0 Å². The minimum Gasteiger partial charge on any atom is -0.378 e. The summed E-state index contributed by atoms with van der Waals surface area (Å²) in [6.45, 7) is 8.14. The second-order valence-electron chi connectivity index (χ2n) is 8.61. The molecule has 1 N–H and O–H groups in total. The predicted octanol–water partition coefficient (Wildman–Crippen LogP) is 3.64. The molecule has 2 aliphatic rings. The highest BCUT2D eigenvalue weighted by Crippen LogP contribution is 2.20. The summed E-state index contributed by atoms with van der Waals surface area (Å²) >= 11 is 1.83. The number of benzene rings is 1. The molecule has 0 radical (unpaired) electrons. The number of hydrogen-bond donors (Lipinski definition) is 1. The van der Waals surface area contributed by atoms with Crippen LogP contribution in [0.15, 0.2) is 41.8 Å². The number of rotatable bonds is 7. The van der Waals surface area contributed by atoms with Crippen LogP contribution in [0.4, 0.5) is 10.5 Å². The van der Waals surface area contributed by atoms with E-state index >= 15 is 0 Å². The Morgan fingerprint density at radius 2 is 1.87 bits per heavy atom. The maximum atomic E-state index is 12.6. The number of piperidine rings is 1. The first-order chi connectivity index (χ1) is 15.2. The molecule has 2 amide bonds. The second-order valence-corrected chi connectivity index (χ2v) is 9.64. The molecule has 0 aliphatic carbocycles. The summed E-state index contributed by atoms with van der Waals surface area (Å²) in [5.74, 6) is 0.574. The standard InChI is InChI=1S/C24H34N4O2S/c1-26(18-21-4-6-22(7-5-21)28-12-14-30-15-13-28)24(29)25-17-20-8-10-27(11-9-20)19-23-3-2-16-31-23/h2-7,16,20H,8-15,17-19H2,1H3,(H,25,29). The molecular formula is C24H34N4O2S. The maximum Gasteiger partial charge on any atom is 0.317 e. The number of anilines is 1. The molecule has 0 spiro atoms. The number of urea groups is 1. The summed E-state index contributed by atoms with van der Waals surface area (Å²) in [7, 11) is 1.87. The van der Waals surface area contributed by atoms with Gasteiger partial charge in [0.2, 0.25) is 0 Å². The Hall–Kier alpha value is -2.09. The lowest BCUT2D eigenvalue weighted by Gasteiger charge is -2.32. The number of hydrogen-bond acceptors (Lipinski definition) is 5. The summed E-state index contributed by atoms with van der Waals surface area (Å²) in [4.78, 5) is 20.6. The molecule has 6 nitrogen and oxygen atoms in total. The molecular weight excluding hydrogens is 408 g/mol. The van der Waals surface area contributed by atoms with Crippen molar-refractivity contribution in [3.8, 4) is 0 Å². The number of nitrogens with one attached hydrogen (secondary N) is 1. The summed E-state index contributed by atoms with van der Waals surface area (Å²) in [6.07, 6.45) is 2.30. The van der Waals surface area contributed by atoms with Crippen molar-refractivity contribution < 1.29 is 9.53 Å². The molecule has 0 atom stereocenters. The van der Waals surface area contributed by atoms with Crippen LogP contribution in [-0.2, 0) is 17.8 Å². The Kier molecular flexibility index (Phi) is 7.83. The fourth-order valence-electron chi connectivity index (χ4n) is 4.32. The lowest BCUT2D eigenvalue weighted by atomic mass is 9.97. The van der Waals surface area contributed by atoms with E-state index in [1.807, 2.05) is 18.4 Å². The van der Waals surface area contributed by atoms with E-state index in [0.29, 0.717) is 12.5 Å². The minimum atomic E-state index is 0.0123. The zero-order valence-electron chi connectivity index (χ0n) is 18.5. The van der Waals surface area contributed by atoms with Crippen molar-refractivity contribution in [1.82, 2.24) is 15.1 Å². The van der Waals surface area contributed by atoms with E-state index in [1.54, 1.807) is 4.90 Å². The number of carbonyl (C=O) groups is 1. The van der Waals surface area contributed by atoms with E-state index in [1.165, 1.54) is 10.6 Å². The molecule has 0 saturated carbocycles. The van der Waals surface area contributed by atoms with Crippen LogP contribution < -0.4 is 10.2 Å². The lowest BCUT2D eigenvalue weighted by molar-refractivity contribution is 0.122. The van der Waals surface area contributed by atoms with Crippen molar-refractivity contribution in [2.24, 2.45) is 5.92 Å². The van der Waals surface area contributed by atoms with E-state index in [2.05, 4.69) is 56.9 Å². The first-order valence-electron chi connectivity index (χ1n) is 11.3. The Labute approximate surface area is 189 Å². The quantitative estimate of drug-likeness (QED) is 0.711. The van der Waals surface area contributed by atoms with Crippen molar-refractivity contribution in [2.45, 2.75) is 25.9 Å². The third-order valence-electron chi connectivity index (χ3n) is 6.29. The van der Waals surface area contributed by atoms with Gasteiger partial charge in [0.15, 0.2) is 0 Å². The number of thiophene rings is 1. The van der Waals surface area contributed by atoms with Gasteiger partial charge in [0, 0.05) is 50.3 Å². The van der Waals surface area contributed by atoms with Crippen LogP contribution in [0.2, 0.25) is 0 Å². The number of nitrogens with zero attached hydrogens (tertiary/aromatic N) is 3. The van der Waals surface area contributed by atoms with Crippen molar-refractivity contribution in [3.63, 3.8) is 0 Å². The number of likely N-dealkylation sites (tertiary alicyclic amines) is 1. The molecule has 0 bridgehead atoms. The van der Waals surface area contributed by atoms with Gasteiger partial charge in [-0.1, -0.05) is 18.2 Å². The fourth-order valence-corrected chi connectivity index (χ4v) is 5.06. The Bertz CT molecular complexity index is 797. The average molecular weight is 443 g/mol. The molecule has 3 heterocycles. The summed E-state index contributed by atoms with van der Waals surface area (Å²) in [5.41, 5.74) is 2.38. The molecule has 4 rings (SSSR count). The second kappa shape index (κ2) is 11.0.